The first kappa shape index (κ1) is 13.9. The van der Waals surface area contributed by atoms with E-state index in [-0.39, 0.29) is 0 Å². The molecule has 94 valence electrons. The van der Waals surface area contributed by atoms with E-state index >= 15 is 0 Å². The van der Waals surface area contributed by atoms with E-state index in [9.17, 15) is 4.79 Å². The molecule has 2 nitrogen and oxygen atoms in total. The first-order valence-electron chi connectivity index (χ1n) is 6.43. The largest absolute Gasteiger partial charge is 0.299 e. The van der Waals surface area contributed by atoms with Crippen molar-refractivity contribution in [1.29, 1.82) is 0 Å². The SMILES string of the molecule is CC(C)CC(=O)Cc1ccnc(CC(C)C)c1. The zero-order valence-electron chi connectivity index (χ0n) is 11.4. The van der Waals surface area contributed by atoms with Crippen LogP contribution in [0.1, 0.15) is 45.4 Å². The number of ketones is 1. The van der Waals surface area contributed by atoms with Crippen LogP contribution < -0.4 is 0 Å². The molecule has 1 aromatic heterocycles. The second-order valence-electron chi connectivity index (χ2n) is 5.57. The van der Waals surface area contributed by atoms with Gasteiger partial charge in [-0.25, -0.2) is 0 Å². The van der Waals surface area contributed by atoms with Gasteiger partial charge in [-0.05, 0) is 36.0 Å². The van der Waals surface area contributed by atoms with Gasteiger partial charge in [0.2, 0.25) is 0 Å². The number of pyridine rings is 1. The monoisotopic (exact) mass is 233 g/mol. The van der Waals surface area contributed by atoms with Crippen molar-refractivity contribution in [3.05, 3.63) is 29.6 Å². The predicted molar refractivity (Wildman–Crippen MR) is 70.9 cm³/mol. The summed E-state index contributed by atoms with van der Waals surface area (Å²) in [7, 11) is 0. The molecule has 1 aromatic rings. The van der Waals surface area contributed by atoms with Crippen molar-refractivity contribution in [1.82, 2.24) is 4.98 Å². The van der Waals surface area contributed by atoms with Crippen LogP contribution in [0.25, 0.3) is 0 Å². The van der Waals surface area contributed by atoms with Crippen LogP contribution >= 0.6 is 0 Å². The molecule has 0 spiro atoms. The molecule has 0 saturated carbocycles. The lowest BCUT2D eigenvalue weighted by Crippen LogP contribution is -2.07. The fraction of sp³-hybridized carbons (Fsp3) is 0.600. The Balaban J connectivity index is 2.62. The van der Waals surface area contributed by atoms with Gasteiger partial charge < -0.3 is 0 Å². The van der Waals surface area contributed by atoms with E-state index in [1.165, 1.54) is 0 Å². The molecule has 0 N–H and O–H groups in total. The summed E-state index contributed by atoms with van der Waals surface area (Å²) in [6.07, 6.45) is 4.01. The van der Waals surface area contributed by atoms with Crippen LogP contribution in [-0.2, 0) is 17.6 Å². The molecule has 0 aliphatic rings. The summed E-state index contributed by atoms with van der Waals surface area (Å²) in [5.74, 6) is 1.37. The third-order valence-electron chi connectivity index (χ3n) is 2.54. The minimum absolute atomic E-state index is 0.321. The predicted octanol–water partition coefficient (Wildman–Crippen LogP) is 3.44. The van der Waals surface area contributed by atoms with Crippen LogP contribution in [0, 0.1) is 11.8 Å². The fourth-order valence-electron chi connectivity index (χ4n) is 1.92. The van der Waals surface area contributed by atoms with E-state index in [1.807, 2.05) is 12.3 Å². The smallest absolute Gasteiger partial charge is 0.137 e. The molecule has 0 aromatic carbocycles. The van der Waals surface area contributed by atoms with Gasteiger partial charge in [-0.2, -0.15) is 0 Å². The van der Waals surface area contributed by atoms with Crippen molar-refractivity contribution < 1.29 is 4.79 Å². The second kappa shape index (κ2) is 6.53. The number of carbonyl (C=O) groups is 1. The maximum absolute atomic E-state index is 11.7. The van der Waals surface area contributed by atoms with Crippen LogP contribution in [0.15, 0.2) is 18.3 Å². The molecular formula is C15H23NO. The maximum Gasteiger partial charge on any atom is 0.137 e. The van der Waals surface area contributed by atoms with E-state index in [2.05, 4.69) is 38.7 Å². The highest BCUT2D eigenvalue weighted by molar-refractivity contribution is 5.80. The summed E-state index contributed by atoms with van der Waals surface area (Å²) in [6, 6.07) is 4.01. The van der Waals surface area contributed by atoms with E-state index < -0.39 is 0 Å². The minimum atomic E-state index is 0.321. The molecule has 0 saturated heterocycles. The number of carbonyl (C=O) groups excluding carboxylic acids is 1. The van der Waals surface area contributed by atoms with Gasteiger partial charge >= 0.3 is 0 Å². The zero-order chi connectivity index (χ0) is 12.8. The van der Waals surface area contributed by atoms with Gasteiger partial charge in [0.1, 0.15) is 5.78 Å². The number of rotatable bonds is 6. The number of hydrogen-bond donors (Lipinski definition) is 0. The molecule has 1 rings (SSSR count). The van der Waals surface area contributed by atoms with Crippen molar-refractivity contribution >= 4 is 5.78 Å². The quantitative estimate of drug-likeness (QED) is 0.753. The highest BCUT2D eigenvalue weighted by Crippen LogP contribution is 2.10. The topological polar surface area (TPSA) is 30.0 Å². The van der Waals surface area contributed by atoms with Crippen LogP contribution in [0.3, 0.4) is 0 Å². The van der Waals surface area contributed by atoms with Crippen molar-refractivity contribution in [3.63, 3.8) is 0 Å². The molecule has 0 bridgehead atoms. The third kappa shape index (κ3) is 5.62. The molecule has 0 atom stereocenters. The zero-order valence-corrected chi connectivity index (χ0v) is 11.4. The van der Waals surface area contributed by atoms with Crippen molar-refractivity contribution in [2.45, 2.75) is 47.0 Å². The highest BCUT2D eigenvalue weighted by atomic mass is 16.1. The van der Waals surface area contributed by atoms with E-state index in [4.69, 9.17) is 0 Å². The molecule has 0 fully saturated rings. The lowest BCUT2D eigenvalue weighted by molar-refractivity contribution is -0.119. The lowest BCUT2D eigenvalue weighted by Gasteiger charge is -2.07. The Morgan fingerprint density at radius 3 is 2.53 bits per heavy atom. The minimum Gasteiger partial charge on any atom is -0.299 e. The van der Waals surface area contributed by atoms with Gasteiger partial charge in [0.15, 0.2) is 0 Å². The van der Waals surface area contributed by atoms with Gasteiger partial charge in [-0.3, -0.25) is 9.78 Å². The van der Waals surface area contributed by atoms with Gasteiger partial charge in [0.25, 0.3) is 0 Å². The van der Waals surface area contributed by atoms with Crippen molar-refractivity contribution in [2.24, 2.45) is 11.8 Å². The molecule has 2 heteroatoms. The van der Waals surface area contributed by atoms with E-state index in [1.54, 1.807) is 0 Å². The van der Waals surface area contributed by atoms with Gasteiger partial charge in [0.05, 0.1) is 0 Å². The van der Waals surface area contributed by atoms with Crippen molar-refractivity contribution in [3.8, 4) is 0 Å². The highest BCUT2D eigenvalue weighted by Gasteiger charge is 2.07. The Labute approximate surface area is 104 Å². The number of hydrogen-bond acceptors (Lipinski definition) is 2. The fourth-order valence-corrected chi connectivity index (χ4v) is 1.92. The molecule has 0 aliphatic carbocycles. The lowest BCUT2D eigenvalue weighted by atomic mass is 10.00. The van der Waals surface area contributed by atoms with Crippen LogP contribution in [0.4, 0.5) is 0 Å². The normalized spacial score (nSPS) is 11.2. The molecule has 0 radical (unpaired) electrons. The Bertz CT molecular complexity index is 369. The number of aromatic nitrogens is 1. The Hall–Kier alpha value is -1.18. The molecular weight excluding hydrogens is 210 g/mol. The first-order valence-corrected chi connectivity index (χ1v) is 6.43. The van der Waals surface area contributed by atoms with Gasteiger partial charge in [-0.15, -0.1) is 0 Å². The molecule has 17 heavy (non-hydrogen) atoms. The second-order valence-corrected chi connectivity index (χ2v) is 5.57. The summed E-state index contributed by atoms with van der Waals surface area (Å²) in [5, 5.41) is 0. The van der Waals surface area contributed by atoms with Crippen LogP contribution in [0.5, 0.6) is 0 Å². The molecule has 0 aliphatic heterocycles. The Morgan fingerprint density at radius 1 is 1.24 bits per heavy atom. The summed E-state index contributed by atoms with van der Waals surface area (Å²) in [5.41, 5.74) is 2.19. The summed E-state index contributed by atoms with van der Waals surface area (Å²) < 4.78 is 0. The van der Waals surface area contributed by atoms with E-state index in [0.29, 0.717) is 30.5 Å². The number of Topliss-reactive ketones (excluding diaryl/α,β-unsaturated/α-hetero) is 1. The Morgan fingerprint density at radius 2 is 1.94 bits per heavy atom. The summed E-state index contributed by atoms with van der Waals surface area (Å²) in [4.78, 5) is 16.1. The Kier molecular flexibility index (Phi) is 5.33. The standard InChI is InChI=1S/C15H23NO/c1-11(2)7-14-9-13(5-6-16-14)10-15(17)8-12(3)4/h5-6,9,11-12H,7-8,10H2,1-4H3. The van der Waals surface area contributed by atoms with Crippen LogP contribution in [-0.4, -0.2) is 10.8 Å². The molecule has 0 unspecified atom stereocenters. The summed E-state index contributed by atoms with van der Waals surface area (Å²) in [6.45, 7) is 8.51. The number of nitrogens with zero attached hydrogens (tertiary/aromatic N) is 1. The van der Waals surface area contributed by atoms with Gasteiger partial charge in [-0.1, -0.05) is 27.7 Å². The average molecular weight is 233 g/mol. The maximum atomic E-state index is 11.7. The van der Waals surface area contributed by atoms with Crippen molar-refractivity contribution in [2.75, 3.05) is 0 Å². The first-order chi connectivity index (χ1) is 7.97. The van der Waals surface area contributed by atoms with Crippen LogP contribution in [0.2, 0.25) is 0 Å². The average Bonchev–Trinajstić information content (AvgIpc) is 2.14. The molecule has 1 heterocycles. The van der Waals surface area contributed by atoms with Gasteiger partial charge in [0, 0.05) is 24.7 Å². The summed E-state index contributed by atoms with van der Waals surface area (Å²) >= 11 is 0. The third-order valence-corrected chi connectivity index (χ3v) is 2.54. The van der Waals surface area contributed by atoms with E-state index in [0.717, 1.165) is 17.7 Å². The molecule has 0 amide bonds.